The van der Waals surface area contributed by atoms with E-state index in [4.69, 9.17) is 4.74 Å². The van der Waals surface area contributed by atoms with Crippen LogP contribution < -0.4 is 10.6 Å². The fourth-order valence-corrected chi connectivity index (χ4v) is 4.29. The molecule has 2 atom stereocenters. The minimum atomic E-state index is -0.909. The van der Waals surface area contributed by atoms with E-state index in [1.54, 1.807) is 25.7 Å². The third-order valence-electron chi connectivity index (χ3n) is 6.32. The molecule has 3 amide bonds. The summed E-state index contributed by atoms with van der Waals surface area (Å²) >= 11 is 0. The average Bonchev–Trinajstić information content (AvgIpc) is 2.79. The number of amides is 3. The number of nitrogens with zero attached hydrogens (tertiary/aromatic N) is 1. The van der Waals surface area contributed by atoms with Crippen LogP contribution in [0.2, 0.25) is 0 Å². The molecule has 208 valence electrons. The summed E-state index contributed by atoms with van der Waals surface area (Å²) < 4.78 is 5.45. The number of ether oxygens (including phenoxy) is 1. The van der Waals surface area contributed by atoms with Crippen molar-refractivity contribution in [2.24, 2.45) is 5.92 Å². The van der Waals surface area contributed by atoms with Gasteiger partial charge in [-0.25, -0.2) is 4.79 Å². The molecule has 2 aromatic rings. The average molecular weight is 524 g/mol. The van der Waals surface area contributed by atoms with Crippen LogP contribution in [-0.4, -0.2) is 40.0 Å². The first-order valence-electron chi connectivity index (χ1n) is 13.2. The molecule has 38 heavy (non-hydrogen) atoms. The summed E-state index contributed by atoms with van der Waals surface area (Å²) in [4.78, 5) is 42.6. The maximum absolute atomic E-state index is 14.3. The molecule has 0 fully saturated rings. The zero-order valence-electron chi connectivity index (χ0n) is 24.6. The number of nitrogens with one attached hydrogen (secondary N) is 2. The molecular formula is C31H45N3O4. The van der Waals surface area contributed by atoms with Gasteiger partial charge in [0.15, 0.2) is 0 Å². The molecule has 2 rings (SSSR count). The Balaban J connectivity index is 2.56. The summed E-state index contributed by atoms with van der Waals surface area (Å²) in [5.41, 5.74) is 2.22. The van der Waals surface area contributed by atoms with Gasteiger partial charge in [-0.3, -0.25) is 9.59 Å². The van der Waals surface area contributed by atoms with E-state index in [9.17, 15) is 14.4 Å². The molecule has 0 aliphatic carbocycles. The fourth-order valence-electron chi connectivity index (χ4n) is 4.29. The van der Waals surface area contributed by atoms with Gasteiger partial charge in [-0.05, 0) is 83.6 Å². The molecule has 7 heteroatoms. The van der Waals surface area contributed by atoms with Crippen LogP contribution >= 0.6 is 0 Å². The van der Waals surface area contributed by atoms with Crippen LogP contribution in [0.4, 0.5) is 4.79 Å². The van der Waals surface area contributed by atoms with E-state index in [0.717, 1.165) is 22.3 Å². The molecule has 2 unspecified atom stereocenters. The lowest BCUT2D eigenvalue weighted by atomic mass is 9.90. The van der Waals surface area contributed by atoms with Crippen LogP contribution in [0.3, 0.4) is 0 Å². The van der Waals surface area contributed by atoms with Gasteiger partial charge in [-0.2, -0.15) is 0 Å². The van der Waals surface area contributed by atoms with Gasteiger partial charge in [0.25, 0.3) is 0 Å². The predicted molar refractivity (Wildman–Crippen MR) is 152 cm³/mol. The van der Waals surface area contributed by atoms with Crippen LogP contribution in [0.1, 0.15) is 83.7 Å². The zero-order chi connectivity index (χ0) is 28.8. The monoisotopic (exact) mass is 523 g/mol. The van der Waals surface area contributed by atoms with Crippen molar-refractivity contribution in [3.05, 3.63) is 70.8 Å². The van der Waals surface area contributed by atoms with Crippen LogP contribution in [0.25, 0.3) is 0 Å². The van der Waals surface area contributed by atoms with E-state index in [-0.39, 0.29) is 17.7 Å². The standard InChI is InChI=1S/C31H45N3O4/c1-20(2)25(33-29(37)38-31(8,9)10)28(36)34(30(5,6)7)26(24-18-14-15-21(3)22(24)4)27(35)32-19-23-16-12-11-13-17-23/h11-18,20,25-26H,19H2,1-10H3,(H,32,35)(H,33,37). The van der Waals surface area contributed by atoms with Crippen molar-refractivity contribution in [1.82, 2.24) is 15.5 Å². The van der Waals surface area contributed by atoms with Gasteiger partial charge in [0, 0.05) is 12.1 Å². The Hall–Kier alpha value is -3.35. The van der Waals surface area contributed by atoms with E-state index >= 15 is 0 Å². The third-order valence-corrected chi connectivity index (χ3v) is 6.32. The normalized spacial score (nSPS) is 13.4. The van der Waals surface area contributed by atoms with Crippen molar-refractivity contribution in [3.8, 4) is 0 Å². The number of rotatable bonds is 8. The number of carbonyl (C=O) groups is 3. The molecular weight excluding hydrogens is 478 g/mol. The first-order valence-corrected chi connectivity index (χ1v) is 13.2. The number of carbonyl (C=O) groups excluding carboxylic acids is 3. The highest BCUT2D eigenvalue weighted by Crippen LogP contribution is 2.33. The molecule has 2 aromatic carbocycles. The molecule has 0 saturated heterocycles. The largest absolute Gasteiger partial charge is 0.444 e. The third kappa shape index (κ3) is 8.33. The van der Waals surface area contributed by atoms with Gasteiger partial charge in [-0.15, -0.1) is 0 Å². The number of hydrogen-bond acceptors (Lipinski definition) is 4. The summed E-state index contributed by atoms with van der Waals surface area (Å²) in [5.74, 6) is -0.878. The molecule has 0 aromatic heterocycles. The highest BCUT2D eigenvalue weighted by atomic mass is 16.6. The van der Waals surface area contributed by atoms with Crippen molar-refractivity contribution in [3.63, 3.8) is 0 Å². The molecule has 2 N–H and O–H groups in total. The number of benzene rings is 2. The minimum Gasteiger partial charge on any atom is -0.444 e. The Labute approximate surface area is 228 Å². The highest BCUT2D eigenvalue weighted by Gasteiger charge is 2.43. The number of hydrogen-bond donors (Lipinski definition) is 2. The Kier molecular flexibility index (Phi) is 10.1. The van der Waals surface area contributed by atoms with Crippen LogP contribution in [-0.2, 0) is 20.9 Å². The fraction of sp³-hybridized carbons (Fsp3) is 0.516. The maximum atomic E-state index is 14.3. The number of alkyl carbamates (subject to hydrolysis) is 1. The molecule has 0 aliphatic rings. The molecule has 7 nitrogen and oxygen atoms in total. The Bertz CT molecular complexity index is 1110. The first-order chi connectivity index (χ1) is 17.5. The van der Waals surface area contributed by atoms with Gasteiger partial charge in [0.2, 0.25) is 11.8 Å². The molecule has 0 spiro atoms. The van der Waals surface area contributed by atoms with Crippen LogP contribution in [0.5, 0.6) is 0 Å². The summed E-state index contributed by atoms with van der Waals surface area (Å²) in [7, 11) is 0. The second-order valence-electron chi connectivity index (χ2n) is 12.1. The lowest BCUT2D eigenvalue weighted by molar-refractivity contribution is -0.149. The van der Waals surface area contributed by atoms with E-state index in [1.807, 2.05) is 97.0 Å². The molecule has 0 radical (unpaired) electrons. The Morgan fingerprint density at radius 1 is 0.895 bits per heavy atom. The maximum Gasteiger partial charge on any atom is 0.408 e. The SMILES string of the molecule is Cc1cccc(C(C(=O)NCc2ccccc2)N(C(=O)C(NC(=O)OC(C)(C)C)C(C)C)C(C)(C)C)c1C. The van der Waals surface area contributed by atoms with Gasteiger partial charge in [-0.1, -0.05) is 62.4 Å². The van der Waals surface area contributed by atoms with Crippen molar-refractivity contribution in [1.29, 1.82) is 0 Å². The number of aryl methyl sites for hydroxylation is 1. The second-order valence-corrected chi connectivity index (χ2v) is 12.1. The van der Waals surface area contributed by atoms with Crippen molar-refractivity contribution >= 4 is 17.9 Å². The van der Waals surface area contributed by atoms with Gasteiger partial charge >= 0.3 is 6.09 Å². The van der Waals surface area contributed by atoms with E-state index < -0.39 is 29.3 Å². The van der Waals surface area contributed by atoms with Gasteiger partial charge < -0.3 is 20.3 Å². The molecule has 0 bridgehead atoms. The highest BCUT2D eigenvalue weighted by molar-refractivity contribution is 5.93. The van der Waals surface area contributed by atoms with Gasteiger partial charge in [0.1, 0.15) is 17.7 Å². The first kappa shape index (κ1) is 30.9. The second kappa shape index (κ2) is 12.5. The molecule has 0 saturated carbocycles. The smallest absolute Gasteiger partial charge is 0.408 e. The van der Waals surface area contributed by atoms with E-state index in [2.05, 4.69) is 10.6 Å². The van der Waals surface area contributed by atoms with Crippen molar-refractivity contribution < 1.29 is 19.1 Å². The lowest BCUT2D eigenvalue weighted by Crippen LogP contribution is -2.60. The minimum absolute atomic E-state index is 0.244. The van der Waals surface area contributed by atoms with Crippen LogP contribution in [0.15, 0.2) is 48.5 Å². The Morgan fingerprint density at radius 2 is 1.50 bits per heavy atom. The van der Waals surface area contributed by atoms with E-state index in [0.29, 0.717) is 6.54 Å². The van der Waals surface area contributed by atoms with Crippen molar-refractivity contribution in [2.75, 3.05) is 0 Å². The van der Waals surface area contributed by atoms with E-state index in [1.165, 1.54) is 0 Å². The lowest BCUT2D eigenvalue weighted by Gasteiger charge is -2.44. The van der Waals surface area contributed by atoms with Crippen LogP contribution in [0, 0.1) is 19.8 Å². The van der Waals surface area contributed by atoms with Gasteiger partial charge in [0.05, 0.1) is 0 Å². The quantitative estimate of drug-likeness (QED) is 0.455. The molecule has 0 aliphatic heterocycles. The summed E-state index contributed by atoms with van der Waals surface area (Å²) in [6.45, 7) is 19.0. The Morgan fingerprint density at radius 3 is 2.03 bits per heavy atom. The topological polar surface area (TPSA) is 87.7 Å². The zero-order valence-corrected chi connectivity index (χ0v) is 24.6. The predicted octanol–water partition coefficient (Wildman–Crippen LogP) is 5.84. The summed E-state index contributed by atoms with van der Waals surface area (Å²) in [6, 6.07) is 13.6. The van der Waals surface area contributed by atoms with Crippen molar-refractivity contribution in [2.45, 2.75) is 99.0 Å². The summed E-state index contributed by atoms with van der Waals surface area (Å²) in [6.07, 6.45) is -0.671. The summed E-state index contributed by atoms with van der Waals surface area (Å²) in [5, 5.41) is 5.82. The molecule has 0 heterocycles.